The number of rotatable bonds is 6. The summed E-state index contributed by atoms with van der Waals surface area (Å²) in [5.74, 6) is -0.327. The highest BCUT2D eigenvalue weighted by Crippen LogP contribution is 2.27. The number of benzene rings is 2. The molecule has 1 N–H and O–H groups in total. The first-order chi connectivity index (χ1) is 16.8. The van der Waals surface area contributed by atoms with Crippen LogP contribution in [-0.2, 0) is 9.84 Å². The number of methoxy groups -OCH3 is 1. The van der Waals surface area contributed by atoms with Gasteiger partial charge in [-0.1, -0.05) is 6.07 Å². The van der Waals surface area contributed by atoms with E-state index in [1.165, 1.54) is 24.4 Å². The molecular weight excluding hydrogens is 468 g/mol. The zero-order valence-corrected chi connectivity index (χ0v) is 20.1. The Kier molecular flexibility index (Phi) is 6.92. The SMILES string of the molecule is COc1cc(C2=NN(C(=O)c3ccc(NC(=O)c4cccnc4)cc3)CCC2)ccc1S(C)(=O)=O. The fourth-order valence-corrected chi connectivity index (χ4v) is 4.51. The molecule has 0 unspecified atom stereocenters. The lowest BCUT2D eigenvalue weighted by atomic mass is 10.0. The number of nitrogens with one attached hydrogen (secondary N) is 1. The third-order valence-electron chi connectivity index (χ3n) is 5.47. The second kappa shape index (κ2) is 10.1. The Morgan fingerprint density at radius 2 is 1.83 bits per heavy atom. The molecule has 0 fully saturated rings. The Morgan fingerprint density at radius 3 is 2.49 bits per heavy atom. The van der Waals surface area contributed by atoms with Crippen molar-refractivity contribution in [3.8, 4) is 5.75 Å². The molecule has 1 aliphatic heterocycles. The van der Waals surface area contributed by atoms with Gasteiger partial charge in [0.2, 0.25) is 0 Å². The molecule has 35 heavy (non-hydrogen) atoms. The largest absolute Gasteiger partial charge is 0.495 e. The minimum Gasteiger partial charge on any atom is -0.495 e. The number of pyridine rings is 1. The second-order valence-corrected chi connectivity index (χ2v) is 9.97. The molecule has 0 saturated heterocycles. The van der Waals surface area contributed by atoms with Gasteiger partial charge >= 0.3 is 0 Å². The lowest BCUT2D eigenvalue weighted by Crippen LogP contribution is -2.32. The maximum atomic E-state index is 13.1. The van der Waals surface area contributed by atoms with E-state index in [2.05, 4.69) is 15.4 Å². The van der Waals surface area contributed by atoms with Crippen LogP contribution in [0, 0.1) is 0 Å². The predicted octanol–water partition coefficient (Wildman–Crippen LogP) is 3.39. The van der Waals surface area contributed by atoms with Crippen molar-refractivity contribution in [2.45, 2.75) is 17.7 Å². The molecule has 0 radical (unpaired) electrons. The highest BCUT2D eigenvalue weighted by Gasteiger charge is 2.22. The summed E-state index contributed by atoms with van der Waals surface area (Å²) in [5.41, 5.74) is 2.78. The first kappa shape index (κ1) is 24.1. The predicted molar refractivity (Wildman–Crippen MR) is 132 cm³/mol. The average Bonchev–Trinajstić information content (AvgIpc) is 2.88. The van der Waals surface area contributed by atoms with Gasteiger partial charge in [0.05, 0.1) is 18.4 Å². The average molecular weight is 493 g/mol. The number of ether oxygens (including phenoxy) is 1. The summed E-state index contributed by atoms with van der Waals surface area (Å²) in [6.07, 6.45) is 5.54. The van der Waals surface area contributed by atoms with Crippen LogP contribution in [0.5, 0.6) is 5.75 Å². The minimum absolute atomic E-state index is 0.101. The molecule has 0 aliphatic carbocycles. The topological polar surface area (TPSA) is 118 Å². The van der Waals surface area contributed by atoms with Gasteiger partial charge in [-0.15, -0.1) is 0 Å². The minimum atomic E-state index is -3.44. The van der Waals surface area contributed by atoms with E-state index in [1.807, 2.05) is 0 Å². The molecule has 9 nitrogen and oxygen atoms in total. The normalized spacial score (nSPS) is 13.7. The molecule has 0 saturated carbocycles. The van der Waals surface area contributed by atoms with Gasteiger partial charge in [-0.25, -0.2) is 13.4 Å². The molecule has 3 aromatic rings. The van der Waals surface area contributed by atoms with Crippen molar-refractivity contribution >= 4 is 33.1 Å². The fourth-order valence-electron chi connectivity index (χ4n) is 3.69. The molecule has 2 aromatic carbocycles. The van der Waals surface area contributed by atoms with Gasteiger partial charge in [0.1, 0.15) is 10.6 Å². The number of carbonyl (C=O) groups excluding carboxylic acids is 2. The van der Waals surface area contributed by atoms with Crippen molar-refractivity contribution in [2.24, 2.45) is 5.10 Å². The van der Waals surface area contributed by atoms with Crippen LogP contribution in [0.25, 0.3) is 0 Å². The Hall–Kier alpha value is -4.05. The zero-order valence-electron chi connectivity index (χ0n) is 19.3. The molecule has 1 aliphatic rings. The zero-order chi connectivity index (χ0) is 25.0. The summed E-state index contributed by atoms with van der Waals surface area (Å²) < 4.78 is 29.2. The summed E-state index contributed by atoms with van der Waals surface area (Å²) in [4.78, 5) is 29.4. The number of sulfone groups is 1. The number of aromatic nitrogens is 1. The summed E-state index contributed by atoms with van der Waals surface area (Å²) in [5, 5.41) is 8.70. The number of hydrogen-bond donors (Lipinski definition) is 1. The highest BCUT2D eigenvalue weighted by atomic mass is 32.2. The van der Waals surface area contributed by atoms with Gasteiger partial charge in [0.25, 0.3) is 11.8 Å². The second-order valence-electron chi connectivity index (χ2n) is 7.99. The fraction of sp³-hybridized carbons (Fsp3) is 0.200. The van der Waals surface area contributed by atoms with E-state index >= 15 is 0 Å². The number of nitrogens with zero attached hydrogens (tertiary/aromatic N) is 3. The standard InChI is InChI=1S/C25H24N4O5S/c1-34-22-15-18(9-12-23(22)35(2,32)33)21-6-4-14-29(28-21)25(31)17-7-10-20(11-8-17)27-24(30)19-5-3-13-26-16-19/h3,5,7-13,15-16H,4,6,14H2,1-2H3,(H,27,30). The van der Waals surface area contributed by atoms with Crippen LogP contribution in [0.4, 0.5) is 5.69 Å². The Bertz CT molecular complexity index is 1390. The Balaban J connectivity index is 1.50. The lowest BCUT2D eigenvalue weighted by molar-refractivity contribution is 0.0751. The van der Waals surface area contributed by atoms with Crippen molar-refractivity contribution in [1.29, 1.82) is 0 Å². The van der Waals surface area contributed by atoms with Gasteiger partial charge < -0.3 is 10.1 Å². The number of anilines is 1. The number of hydrazone groups is 1. The summed E-state index contributed by atoms with van der Waals surface area (Å²) in [6.45, 7) is 0.459. The van der Waals surface area contributed by atoms with Crippen LogP contribution in [0.15, 0.2) is 77.0 Å². The van der Waals surface area contributed by atoms with Crippen molar-refractivity contribution in [2.75, 3.05) is 25.2 Å². The quantitative estimate of drug-likeness (QED) is 0.564. The molecule has 180 valence electrons. The maximum Gasteiger partial charge on any atom is 0.273 e. The number of carbonyl (C=O) groups is 2. The molecule has 0 bridgehead atoms. The molecule has 2 heterocycles. The van der Waals surface area contributed by atoms with Crippen LogP contribution >= 0.6 is 0 Å². The van der Waals surface area contributed by atoms with Gasteiger partial charge in [-0.05, 0) is 61.4 Å². The lowest BCUT2D eigenvalue weighted by Gasteiger charge is -2.24. The van der Waals surface area contributed by atoms with Crippen LogP contribution in [0.1, 0.15) is 39.1 Å². The molecule has 2 amide bonds. The van der Waals surface area contributed by atoms with Crippen LogP contribution < -0.4 is 10.1 Å². The Labute approximate surface area is 203 Å². The van der Waals surface area contributed by atoms with E-state index in [0.29, 0.717) is 47.5 Å². The number of amides is 2. The monoisotopic (exact) mass is 492 g/mol. The molecule has 0 atom stereocenters. The van der Waals surface area contributed by atoms with E-state index in [0.717, 1.165) is 6.26 Å². The van der Waals surface area contributed by atoms with Gasteiger partial charge in [-0.3, -0.25) is 14.6 Å². The highest BCUT2D eigenvalue weighted by molar-refractivity contribution is 7.90. The number of hydrogen-bond acceptors (Lipinski definition) is 7. The van der Waals surface area contributed by atoms with Gasteiger partial charge in [0, 0.05) is 42.0 Å². The smallest absolute Gasteiger partial charge is 0.273 e. The third-order valence-corrected chi connectivity index (χ3v) is 6.61. The molecular formula is C25H24N4O5S. The molecule has 0 spiro atoms. The van der Waals surface area contributed by atoms with Gasteiger partial charge in [-0.2, -0.15) is 5.10 Å². The van der Waals surface area contributed by atoms with Crippen molar-refractivity contribution < 1.29 is 22.7 Å². The summed E-state index contributed by atoms with van der Waals surface area (Å²) in [7, 11) is -2.03. The first-order valence-electron chi connectivity index (χ1n) is 10.9. The Morgan fingerprint density at radius 1 is 1.06 bits per heavy atom. The van der Waals surface area contributed by atoms with Crippen molar-refractivity contribution in [1.82, 2.24) is 9.99 Å². The van der Waals surface area contributed by atoms with Crippen molar-refractivity contribution in [3.63, 3.8) is 0 Å². The van der Waals surface area contributed by atoms with E-state index in [-0.39, 0.29) is 22.5 Å². The van der Waals surface area contributed by atoms with E-state index in [1.54, 1.807) is 54.7 Å². The molecule has 1 aromatic heterocycles. The van der Waals surface area contributed by atoms with E-state index in [4.69, 9.17) is 4.74 Å². The van der Waals surface area contributed by atoms with Crippen LogP contribution in [0.2, 0.25) is 0 Å². The van der Waals surface area contributed by atoms with Crippen molar-refractivity contribution in [3.05, 3.63) is 83.7 Å². The summed E-state index contributed by atoms with van der Waals surface area (Å²) in [6, 6.07) is 14.7. The van der Waals surface area contributed by atoms with Gasteiger partial charge in [0.15, 0.2) is 9.84 Å². The third kappa shape index (κ3) is 5.55. The van der Waals surface area contributed by atoms with Crippen LogP contribution in [0.3, 0.4) is 0 Å². The molecule has 10 heteroatoms. The van der Waals surface area contributed by atoms with E-state index in [9.17, 15) is 18.0 Å². The summed E-state index contributed by atoms with van der Waals surface area (Å²) >= 11 is 0. The molecule has 4 rings (SSSR count). The maximum absolute atomic E-state index is 13.1. The first-order valence-corrected chi connectivity index (χ1v) is 12.7. The van der Waals surface area contributed by atoms with E-state index < -0.39 is 9.84 Å². The van der Waals surface area contributed by atoms with Crippen LogP contribution in [-0.4, -0.2) is 55.8 Å².